The van der Waals surface area contributed by atoms with E-state index >= 15 is 0 Å². The molecule has 0 saturated carbocycles. The SMILES string of the molecule is Nc1onc(-c2sccc2Cl)c1-c1ccc(Cl)cc1. The highest BCUT2D eigenvalue weighted by Gasteiger charge is 2.20. The topological polar surface area (TPSA) is 52.0 Å². The molecule has 0 aliphatic heterocycles. The molecule has 0 unspecified atom stereocenters. The van der Waals surface area contributed by atoms with Crippen molar-refractivity contribution in [3.63, 3.8) is 0 Å². The third kappa shape index (κ3) is 2.23. The molecule has 2 N–H and O–H groups in total. The average Bonchev–Trinajstić information content (AvgIpc) is 2.97. The minimum Gasteiger partial charge on any atom is -0.367 e. The number of nitrogens with zero attached hydrogens (tertiary/aromatic N) is 1. The van der Waals surface area contributed by atoms with E-state index in [1.165, 1.54) is 11.3 Å². The van der Waals surface area contributed by atoms with Crippen molar-refractivity contribution < 1.29 is 4.52 Å². The molecule has 0 spiro atoms. The summed E-state index contributed by atoms with van der Waals surface area (Å²) in [6.45, 7) is 0. The molecule has 1 aromatic carbocycles. The fourth-order valence-corrected chi connectivity index (χ4v) is 3.07. The van der Waals surface area contributed by atoms with Crippen LogP contribution in [0, 0.1) is 0 Å². The van der Waals surface area contributed by atoms with Crippen molar-refractivity contribution >= 4 is 40.4 Å². The molecule has 0 atom stereocenters. The molecule has 3 rings (SSSR count). The van der Waals surface area contributed by atoms with Crippen LogP contribution in [-0.2, 0) is 0 Å². The molecule has 0 aliphatic rings. The van der Waals surface area contributed by atoms with Crippen molar-refractivity contribution in [1.29, 1.82) is 0 Å². The van der Waals surface area contributed by atoms with Gasteiger partial charge in [-0.3, -0.25) is 0 Å². The van der Waals surface area contributed by atoms with Crippen molar-refractivity contribution in [1.82, 2.24) is 5.16 Å². The number of halogens is 2. The van der Waals surface area contributed by atoms with Gasteiger partial charge in [0.2, 0.25) is 5.88 Å². The van der Waals surface area contributed by atoms with Gasteiger partial charge in [0.1, 0.15) is 5.69 Å². The Hall–Kier alpha value is -1.49. The Morgan fingerprint density at radius 2 is 1.84 bits per heavy atom. The summed E-state index contributed by atoms with van der Waals surface area (Å²) in [6, 6.07) is 9.15. The average molecular weight is 311 g/mol. The molecule has 3 nitrogen and oxygen atoms in total. The lowest BCUT2D eigenvalue weighted by molar-refractivity contribution is 0.439. The highest BCUT2D eigenvalue weighted by atomic mass is 35.5. The van der Waals surface area contributed by atoms with E-state index in [2.05, 4.69) is 5.16 Å². The predicted octanol–water partition coefficient (Wildman–Crippen LogP) is 4.96. The van der Waals surface area contributed by atoms with Crippen LogP contribution in [0.3, 0.4) is 0 Å². The number of hydrogen-bond donors (Lipinski definition) is 1. The zero-order chi connectivity index (χ0) is 13.4. The van der Waals surface area contributed by atoms with Crippen LogP contribution in [0.15, 0.2) is 40.2 Å². The first kappa shape index (κ1) is 12.5. The van der Waals surface area contributed by atoms with Gasteiger partial charge in [-0.2, -0.15) is 0 Å². The van der Waals surface area contributed by atoms with E-state index in [4.69, 9.17) is 33.5 Å². The molecule has 0 bridgehead atoms. The van der Waals surface area contributed by atoms with Crippen molar-refractivity contribution in [3.05, 3.63) is 45.8 Å². The molecule has 3 aromatic rings. The Bertz CT molecular complexity index is 719. The predicted molar refractivity (Wildman–Crippen MR) is 79.7 cm³/mol. The summed E-state index contributed by atoms with van der Waals surface area (Å²) in [7, 11) is 0. The van der Waals surface area contributed by atoms with Crippen LogP contribution in [0.5, 0.6) is 0 Å². The number of rotatable bonds is 2. The quantitative estimate of drug-likeness (QED) is 0.728. The summed E-state index contributed by atoms with van der Waals surface area (Å²) >= 11 is 13.5. The molecule has 0 amide bonds. The second kappa shape index (κ2) is 4.89. The van der Waals surface area contributed by atoms with E-state index in [0.29, 0.717) is 15.7 Å². The standard InChI is InChI=1S/C13H8Cl2N2OS/c14-8-3-1-7(2-4-8)10-11(17-18-13(10)16)12-9(15)5-6-19-12/h1-6H,16H2. The number of hydrogen-bond acceptors (Lipinski definition) is 4. The fraction of sp³-hybridized carbons (Fsp3) is 0. The van der Waals surface area contributed by atoms with Crippen molar-refractivity contribution in [2.75, 3.05) is 5.73 Å². The van der Waals surface area contributed by atoms with E-state index in [1.807, 2.05) is 23.6 Å². The second-order valence-electron chi connectivity index (χ2n) is 3.87. The first-order valence-electron chi connectivity index (χ1n) is 5.41. The van der Waals surface area contributed by atoms with Gasteiger partial charge in [-0.25, -0.2) is 0 Å². The molecule has 2 heterocycles. The summed E-state index contributed by atoms with van der Waals surface area (Å²) in [5.41, 5.74) is 8.15. The van der Waals surface area contributed by atoms with Gasteiger partial charge in [0, 0.05) is 5.02 Å². The Kier molecular flexibility index (Phi) is 3.22. The third-order valence-corrected chi connectivity index (χ3v) is 4.28. The van der Waals surface area contributed by atoms with E-state index in [-0.39, 0.29) is 5.88 Å². The Morgan fingerprint density at radius 1 is 1.11 bits per heavy atom. The van der Waals surface area contributed by atoms with Crippen LogP contribution in [0.4, 0.5) is 5.88 Å². The van der Waals surface area contributed by atoms with E-state index in [1.54, 1.807) is 12.1 Å². The lowest BCUT2D eigenvalue weighted by atomic mass is 10.1. The van der Waals surface area contributed by atoms with Gasteiger partial charge >= 0.3 is 0 Å². The number of anilines is 1. The Balaban J connectivity index is 2.19. The first-order valence-corrected chi connectivity index (χ1v) is 7.05. The highest BCUT2D eigenvalue weighted by molar-refractivity contribution is 7.14. The molecule has 0 radical (unpaired) electrons. The zero-order valence-corrected chi connectivity index (χ0v) is 11.9. The highest BCUT2D eigenvalue weighted by Crippen LogP contribution is 2.41. The monoisotopic (exact) mass is 310 g/mol. The van der Waals surface area contributed by atoms with E-state index in [0.717, 1.165) is 16.0 Å². The Labute approximate surface area is 123 Å². The summed E-state index contributed by atoms with van der Waals surface area (Å²) in [6.07, 6.45) is 0. The van der Waals surface area contributed by atoms with Gasteiger partial charge in [0.15, 0.2) is 0 Å². The van der Waals surface area contributed by atoms with Crippen LogP contribution in [0.1, 0.15) is 0 Å². The Morgan fingerprint density at radius 3 is 2.47 bits per heavy atom. The summed E-state index contributed by atoms with van der Waals surface area (Å²) in [4.78, 5) is 0.840. The largest absolute Gasteiger partial charge is 0.367 e. The van der Waals surface area contributed by atoms with Crippen molar-refractivity contribution in [2.24, 2.45) is 0 Å². The minimum absolute atomic E-state index is 0.266. The molecule has 0 fully saturated rings. The number of benzene rings is 1. The smallest absolute Gasteiger partial charge is 0.230 e. The molecule has 96 valence electrons. The second-order valence-corrected chi connectivity index (χ2v) is 5.63. The fourth-order valence-electron chi connectivity index (χ4n) is 1.82. The molecule has 0 aliphatic carbocycles. The van der Waals surface area contributed by atoms with Gasteiger partial charge in [0.05, 0.1) is 15.5 Å². The van der Waals surface area contributed by atoms with E-state index < -0.39 is 0 Å². The van der Waals surface area contributed by atoms with Crippen molar-refractivity contribution in [2.45, 2.75) is 0 Å². The number of nitrogen functional groups attached to an aromatic ring is 1. The number of aromatic nitrogens is 1. The maximum absolute atomic E-state index is 6.14. The van der Waals surface area contributed by atoms with Crippen LogP contribution < -0.4 is 5.73 Å². The summed E-state index contributed by atoms with van der Waals surface area (Å²) < 4.78 is 5.10. The number of thiophene rings is 1. The normalized spacial score (nSPS) is 10.8. The number of nitrogens with two attached hydrogens (primary N) is 1. The third-order valence-electron chi connectivity index (χ3n) is 2.68. The van der Waals surface area contributed by atoms with Gasteiger partial charge in [-0.15, -0.1) is 11.3 Å². The van der Waals surface area contributed by atoms with Crippen LogP contribution >= 0.6 is 34.5 Å². The van der Waals surface area contributed by atoms with Gasteiger partial charge in [-0.05, 0) is 29.1 Å². The first-order chi connectivity index (χ1) is 9.16. The molecule has 6 heteroatoms. The molecule has 2 aromatic heterocycles. The van der Waals surface area contributed by atoms with Gasteiger partial charge in [-0.1, -0.05) is 40.5 Å². The summed E-state index contributed by atoms with van der Waals surface area (Å²) in [5, 5.41) is 7.20. The zero-order valence-electron chi connectivity index (χ0n) is 9.56. The lowest BCUT2D eigenvalue weighted by Crippen LogP contribution is -1.86. The van der Waals surface area contributed by atoms with Gasteiger partial charge in [0.25, 0.3) is 0 Å². The molecular weight excluding hydrogens is 303 g/mol. The lowest BCUT2D eigenvalue weighted by Gasteiger charge is -2.02. The van der Waals surface area contributed by atoms with Crippen LogP contribution in [-0.4, -0.2) is 5.16 Å². The van der Waals surface area contributed by atoms with Crippen molar-refractivity contribution in [3.8, 4) is 21.7 Å². The molecule has 0 saturated heterocycles. The minimum atomic E-state index is 0.266. The van der Waals surface area contributed by atoms with Gasteiger partial charge < -0.3 is 10.3 Å². The maximum atomic E-state index is 6.14. The molecule has 19 heavy (non-hydrogen) atoms. The van der Waals surface area contributed by atoms with Crippen LogP contribution in [0.25, 0.3) is 21.7 Å². The van der Waals surface area contributed by atoms with E-state index in [9.17, 15) is 0 Å². The maximum Gasteiger partial charge on any atom is 0.230 e. The van der Waals surface area contributed by atoms with Crippen LogP contribution in [0.2, 0.25) is 10.0 Å². The molecular formula is C13H8Cl2N2OS. The summed E-state index contributed by atoms with van der Waals surface area (Å²) in [5.74, 6) is 0.266.